The van der Waals surface area contributed by atoms with Crippen LogP contribution < -0.4 is 11.5 Å². The van der Waals surface area contributed by atoms with Crippen molar-refractivity contribution in [3.8, 4) is 0 Å². The van der Waals surface area contributed by atoms with Crippen LogP contribution in [0.15, 0.2) is 72.8 Å². The lowest BCUT2D eigenvalue weighted by molar-refractivity contribution is -0.289. The molecule has 0 heterocycles. The standard InChI is InChI=1S/C24H16F12N2/c25-21(26,27)19(22(28,29)30,13-4-8-17(37)9-5-13)15-2-1-3-16(12-15)20(23(31,32)33,24(34,35)36)14-6-10-18(38)11-7-14/h1-12H,37-38H2. The van der Waals surface area contributed by atoms with Crippen molar-refractivity contribution in [1.82, 2.24) is 0 Å². The molecule has 3 aromatic carbocycles. The Morgan fingerprint density at radius 3 is 0.868 bits per heavy atom. The number of hydrogen-bond acceptors (Lipinski definition) is 2. The molecule has 0 spiro atoms. The van der Waals surface area contributed by atoms with Gasteiger partial charge in [-0.15, -0.1) is 0 Å². The van der Waals surface area contributed by atoms with E-state index in [4.69, 9.17) is 11.5 Å². The monoisotopic (exact) mass is 560 g/mol. The van der Waals surface area contributed by atoms with Gasteiger partial charge in [0.2, 0.25) is 10.8 Å². The zero-order valence-corrected chi connectivity index (χ0v) is 18.6. The lowest BCUT2D eigenvalue weighted by atomic mass is 9.68. The van der Waals surface area contributed by atoms with Gasteiger partial charge in [0, 0.05) is 11.4 Å². The Morgan fingerprint density at radius 1 is 0.368 bits per heavy atom. The minimum Gasteiger partial charge on any atom is -0.399 e. The number of anilines is 2. The van der Waals surface area contributed by atoms with Crippen molar-refractivity contribution < 1.29 is 52.7 Å². The molecule has 0 amide bonds. The van der Waals surface area contributed by atoms with Crippen LogP contribution in [0, 0.1) is 0 Å². The van der Waals surface area contributed by atoms with Crippen molar-refractivity contribution in [3.63, 3.8) is 0 Å². The van der Waals surface area contributed by atoms with Crippen LogP contribution >= 0.6 is 0 Å². The Bertz CT molecular complexity index is 1140. The lowest BCUT2D eigenvalue weighted by Crippen LogP contribution is -2.56. The average molecular weight is 560 g/mol. The molecule has 0 radical (unpaired) electrons. The molecule has 3 aromatic rings. The zero-order chi connectivity index (χ0) is 28.9. The van der Waals surface area contributed by atoms with Gasteiger partial charge in [0.15, 0.2) is 0 Å². The highest BCUT2D eigenvalue weighted by Gasteiger charge is 2.75. The fourth-order valence-electron chi connectivity index (χ4n) is 4.42. The molecule has 0 unspecified atom stereocenters. The molecule has 2 nitrogen and oxygen atoms in total. The van der Waals surface area contributed by atoms with Gasteiger partial charge < -0.3 is 11.5 Å². The van der Waals surface area contributed by atoms with Crippen LogP contribution in [-0.2, 0) is 10.8 Å². The quantitative estimate of drug-likeness (QED) is 0.254. The van der Waals surface area contributed by atoms with Gasteiger partial charge in [0.1, 0.15) is 0 Å². The first kappa shape index (κ1) is 29.0. The molecule has 0 saturated heterocycles. The third-order valence-electron chi connectivity index (χ3n) is 6.12. The molecule has 4 N–H and O–H groups in total. The van der Waals surface area contributed by atoms with E-state index >= 15 is 0 Å². The number of hydrogen-bond donors (Lipinski definition) is 2. The van der Waals surface area contributed by atoms with E-state index in [1.165, 1.54) is 0 Å². The van der Waals surface area contributed by atoms with Crippen LogP contribution in [0.5, 0.6) is 0 Å². The Kier molecular flexibility index (Phi) is 6.88. The van der Waals surface area contributed by atoms with Gasteiger partial charge in [-0.25, -0.2) is 0 Å². The van der Waals surface area contributed by atoms with Gasteiger partial charge in [0.25, 0.3) is 0 Å². The smallest absolute Gasteiger partial charge is 0.399 e. The van der Waals surface area contributed by atoms with E-state index < -0.39 is 57.8 Å². The molecule has 0 bridgehead atoms. The fourth-order valence-corrected chi connectivity index (χ4v) is 4.42. The molecular weight excluding hydrogens is 544 g/mol. The molecule has 3 rings (SSSR count). The summed E-state index contributed by atoms with van der Waals surface area (Å²) in [5.74, 6) is 0. The van der Waals surface area contributed by atoms with Crippen molar-refractivity contribution in [2.75, 3.05) is 11.5 Å². The summed E-state index contributed by atoms with van der Waals surface area (Å²) in [5.41, 5.74) is -6.62. The fraction of sp³-hybridized carbons (Fsp3) is 0.250. The maximum Gasteiger partial charge on any atom is 0.411 e. The molecule has 0 aliphatic heterocycles. The summed E-state index contributed by atoms with van der Waals surface area (Å²) in [6, 6.07) is 4.41. The summed E-state index contributed by atoms with van der Waals surface area (Å²) in [6.07, 6.45) is -25.1. The SMILES string of the molecule is Nc1ccc(C(c2cccc(C(c3ccc(N)cc3)(C(F)(F)F)C(F)(F)F)c2)(C(F)(F)F)C(F)(F)F)cc1. The number of nitrogens with two attached hydrogens (primary N) is 2. The normalized spacial score (nSPS) is 14.0. The van der Waals surface area contributed by atoms with Crippen LogP contribution in [0.2, 0.25) is 0 Å². The summed E-state index contributed by atoms with van der Waals surface area (Å²) in [5, 5.41) is 0. The maximum absolute atomic E-state index is 14.4. The van der Waals surface area contributed by atoms with Crippen molar-refractivity contribution in [2.45, 2.75) is 35.5 Å². The zero-order valence-electron chi connectivity index (χ0n) is 18.6. The molecule has 38 heavy (non-hydrogen) atoms. The Morgan fingerprint density at radius 2 is 0.632 bits per heavy atom. The number of halogens is 12. The predicted octanol–water partition coefficient (Wildman–Crippen LogP) is 7.67. The highest BCUT2D eigenvalue weighted by molar-refractivity contribution is 5.53. The molecule has 0 aliphatic carbocycles. The Labute approximate surface area is 206 Å². The van der Waals surface area contributed by atoms with Crippen LogP contribution in [0.25, 0.3) is 0 Å². The minimum atomic E-state index is -6.26. The summed E-state index contributed by atoms with van der Waals surface area (Å²) in [4.78, 5) is 0. The van der Waals surface area contributed by atoms with Gasteiger partial charge in [-0.2, -0.15) is 52.7 Å². The van der Waals surface area contributed by atoms with E-state index in [2.05, 4.69) is 0 Å². The molecule has 0 atom stereocenters. The summed E-state index contributed by atoms with van der Waals surface area (Å²) < 4.78 is 173. The van der Waals surface area contributed by atoms with E-state index in [9.17, 15) is 52.7 Å². The van der Waals surface area contributed by atoms with Gasteiger partial charge in [0.05, 0.1) is 0 Å². The van der Waals surface area contributed by atoms with Crippen LogP contribution in [-0.4, -0.2) is 24.7 Å². The topological polar surface area (TPSA) is 52.0 Å². The summed E-state index contributed by atoms with van der Waals surface area (Å²) >= 11 is 0. The van der Waals surface area contributed by atoms with Gasteiger partial charge >= 0.3 is 24.7 Å². The van der Waals surface area contributed by atoms with Gasteiger partial charge in [-0.1, -0.05) is 48.5 Å². The second-order valence-corrected chi connectivity index (χ2v) is 8.32. The van der Waals surface area contributed by atoms with E-state index in [1.54, 1.807) is 0 Å². The average Bonchev–Trinajstić information content (AvgIpc) is 2.74. The summed E-state index contributed by atoms with van der Waals surface area (Å²) in [7, 11) is 0. The van der Waals surface area contributed by atoms with E-state index in [0.29, 0.717) is 48.5 Å². The molecule has 206 valence electrons. The predicted molar refractivity (Wildman–Crippen MR) is 114 cm³/mol. The minimum absolute atomic E-state index is 0.168. The maximum atomic E-state index is 14.4. The molecule has 0 aliphatic rings. The number of benzene rings is 3. The number of alkyl halides is 12. The van der Waals surface area contributed by atoms with E-state index in [0.717, 1.165) is 0 Å². The van der Waals surface area contributed by atoms with Crippen molar-refractivity contribution >= 4 is 11.4 Å². The van der Waals surface area contributed by atoms with Crippen LogP contribution in [0.4, 0.5) is 64.1 Å². The molecule has 0 fully saturated rings. The van der Waals surface area contributed by atoms with Crippen LogP contribution in [0.1, 0.15) is 22.3 Å². The molecule has 14 heteroatoms. The number of rotatable bonds is 4. The molecule has 0 saturated carbocycles. The lowest BCUT2D eigenvalue weighted by Gasteiger charge is -2.41. The second kappa shape index (κ2) is 9.02. The highest BCUT2D eigenvalue weighted by atomic mass is 19.4. The molecular formula is C24H16F12N2. The largest absolute Gasteiger partial charge is 0.411 e. The van der Waals surface area contributed by atoms with Crippen molar-refractivity contribution in [2.24, 2.45) is 0 Å². The van der Waals surface area contributed by atoms with E-state index in [-0.39, 0.29) is 35.6 Å². The highest BCUT2D eigenvalue weighted by Crippen LogP contribution is 2.59. The van der Waals surface area contributed by atoms with Crippen LogP contribution in [0.3, 0.4) is 0 Å². The van der Waals surface area contributed by atoms with Crippen molar-refractivity contribution in [3.05, 3.63) is 95.1 Å². The Hall–Kier alpha value is -3.58. The first-order chi connectivity index (χ1) is 17.2. The number of nitrogen functional groups attached to an aromatic ring is 2. The molecule has 0 aromatic heterocycles. The Balaban J connectivity index is 2.52. The summed E-state index contributed by atoms with van der Waals surface area (Å²) in [6.45, 7) is 0. The second-order valence-electron chi connectivity index (χ2n) is 8.32. The van der Waals surface area contributed by atoms with Crippen molar-refractivity contribution in [1.29, 1.82) is 0 Å². The first-order valence-corrected chi connectivity index (χ1v) is 10.3. The third-order valence-corrected chi connectivity index (χ3v) is 6.12. The van der Waals surface area contributed by atoms with Gasteiger partial charge in [-0.05, 0) is 46.5 Å². The van der Waals surface area contributed by atoms with Gasteiger partial charge in [-0.3, -0.25) is 0 Å². The first-order valence-electron chi connectivity index (χ1n) is 10.3. The van der Waals surface area contributed by atoms with E-state index in [1.807, 2.05) is 0 Å². The third kappa shape index (κ3) is 4.29.